The fourth-order valence-corrected chi connectivity index (χ4v) is 1.29. The van der Waals surface area contributed by atoms with E-state index in [0.717, 1.165) is 12.1 Å². The molecule has 88 valence electrons. The summed E-state index contributed by atoms with van der Waals surface area (Å²) in [4.78, 5) is 11.1. The van der Waals surface area contributed by atoms with Crippen molar-refractivity contribution in [3.05, 3.63) is 24.0 Å². The molecular weight excluding hydrogens is 204 g/mol. The van der Waals surface area contributed by atoms with E-state index < -0.39 is 0 Å². The van der Waals surface area contributed by atoms with Crippen molar-refractivity contribution in [3.63, 3.8) is 0 Å². The Labute approximate surface area is 95.9 Å². The highest BCUT2D eigenvalue weighted by atomic mass is 16.5. The lowest BCUT2D eigenvalue weighted by Gasteiger charge is -2.02. The summed E-state index contributed by atoms with van der Waals surface area (Å²) < 4.78 is 6.65. The van der Waals surface area contributed by atoms with Crippen molar-refractivity contribution in [1.82, 2.24) is 9.78 Å². The van der Waals surface area contributed by atoms with E-state index in [0.29, 0.717) is 12.5 Å². The molecule has 16 heavy (non-hydrogen) atoms. The molecule has 1 rings (SSSR count). The molecule has 0 spiro atoms. The first kappa shape index (κ1) is 12.5. The number of carbonyl (C=O) groups is 1. The number of carbonyl (C=O) groups excluding carboxylic acids is 1. The molecule has 0 aliphatic carbocycles. The van der Waals surface area contributed by atoms with E-state index in [1.165, 1.54) is 6.08 Å². The number of rotatable bonds is 5. The van der Waals surface area contributed by atoms with Crippen LogP contribution in [0.25, 0.3) is 6.08 Å². The summed E-state index contributed by atoms with van der Waals surface area (Å²) in [7, 11) is 0. The Bertz CT molecular complexity index is 367. The van der Waals surface area contributed by atoms with Crippen LogP contribution in [-0.2, 0) is 16.1 Å². The van der Waals surface area contributed by atoms with Gasteiger partial charge >= 0.3 is 5.97 Å². The van der Waals surface area contributed by atoms with Crippen molar-refractivity contribution in [2.45, 2.75) is 27.3 Å². The van der Waals surface area contributed by atoms with E-state index >= 15 is 0 Å². The molecule has 0 saturated carbocycles. The molecule has 0 unspecified atom stereocenters. The van der Waals surface area contributed by atoms with E-state index in [1.54, 1.807) is 19.2 Å². The summed E-state index contributed by atoms with van der Waals surface area (Å²) >= 11 is 0. The molecule has 0 amide bonds. The van der Waals surface area contributed by atoms with Crippen molar-refractivity contribution >= 4 is 12.0 Å². The van der Waals surface area contributed by atoms with Gasteiger partial charge in [0.2, 0.25) is 0 Å². The van der Waals surface area contributed by atoms with Gasteiger partial charge in [0.25, 0.3) is 0 Å². The van der Waals surface area contributed by atoms with Gasteiger partial charge in [-0.1, -0.05) is 13.8 Å². The van der Waals surface area contributed by atoms with Crippen LogP contribution in [0, 0.1) is 5.92 Å². The predicted molar refractivity (Wildman–Crippen MR) is 62.7 cm³/mol. The Morgan fingerprint density at radius 2 is 2.38 bits per heavy atom. The Morgan fingerprint density at radius 1 is 1.62 bits per heavy atom. The molecule has 1 aromatic rings. The second kappa shape index (κ2) is 6.10. The molecule has 0 radical (unpaired) electrons. The lowest BCUT2D eigenvalue weighted by molar-refractivity contribution is -0.137. The van der Waals surface area contributed by atoms with E-state index in [-0.39, 0.29) is 5.97 Å². The zero-order valence-electron chi connectivity index (χ0n) is 10.0. The summed E-state index contributed by atoms with van der Waals surface area (Å²) in [6.45, 7) is 7.33. The molecule has 0 aliphatic rings. The van der Waals surface area contributed by atoms with Crippen LogP contribution in [0.1, 0.15) is 26.3 Å². The average molecular weight is 222 g/mol. The molecule has 4 nitrogen and oxygen atoms in total. The summed E-state index contributed by atoms with van der Waals surface area (Å²) in [6.07, 6.45) is 6.77. The topological polar surface area (TPSA) is 44.1 Å². The van der Waals surface area contributed by atoms with Crippen LogP contribution in [0.2, 0.25) is 0 Å². The van der Waals surface area contributed by atoms with Gasteiger partial charge in [-0.2, -0.15) is 5.10 Å². The van der Waals surface area contributed by atoms with Crippen molar-refractivity contribution in [1.29, 1.82) is 0 Å². The van der Waals surface area contributed by atoms with E-state index in [9.17, 15) is 4.79 Å². The van der Waals surface area contributed by atoms with Crippen LogP contribution in [0.3, 0.4) is 0 Å². The van der Waals surface area contributed by atoms with Crippen LogP contribution in [0.15, 0.2) is 18.5 Å². The highest BCUT2D eigenvalue weighted by Gasteiger charge is 1.99. The molecule has 1 heterocycles. The fourth-order valence-electron chi connectivity index (χ4n) is 1.29. The Hall–Kier alpha value is -1.58. The number of hydrogen-bond donors (Lipinski definition) is 0. The second-order valence-corrected chi connectivity index (χ2v) is 3.97. The molecule has 0 bridgehead atoms. The van der Waals surface area contributed by atoms with Gasteiger partial charge in [0.1, 0.15) is 0 Å². The molecular formula is C12H18N2O2. The third kappa shape index (κ3) is 4.29. The molecule has 0 fully saturated rings. The van der Waals surface area contributed by atoms with E-state index in [4.69, 9.17) is 4.74 Å². The molecule has 0 N–H and O–H groups in total. The Balaban J connectivity index is 2.54. The number of hydrogen-bond acceptors (Lipinski definition) is 3. The maximum atomic E-state index is 11.1. The monoisotopic (exact) mass is 222 g/mol. The highest BCUT2D eigenvalue weighted by molar-refractivity contribution is 5.86. The minimum Gasteiger partial charge on any atom is -0.463 e. The first-order valence-corrected chi connectivity index (χ1v) is 5.49. The standard InChI is InChI=1S/C12H18N2O2/c1-4-16-12(15)6-5-11-7-13-14(9-11)8-10(2)3/h5-7,9-10H,4,8H2,1-3H3. The Morgan fingerprint density at radius 3 is 3.00 bits per heavy atom. The lowest BCUT2D eigenvalue weighted by Crippen LogP contribution is -2.04. The molecule has 0 atom stereocenters. The fraction of sp³-hybridized carbons (Fsp3) is 0.500. The van der Waals surface area contributed by atoms with Gasteiger partial charge < -0.3 is 4.74 Å². The normalized spacial score (nSPS) is 11.2. The number of nitrogens with zero attached hydrogens (tertiary/aromatic N) is 2. The van der Waals surface area contributed by atoms with Gasteiger partial charge in [-0.05, 0) is 18.9 Å². The molecule has 0 aliphatic heterocycles. The van der Waals surface area contributed by atoms with Crippen LogP contribution in [0.4, 0.5) is 0 Å². The van der Waals surface area contributed by atoms with Crippen molar-refractivity contribution in [2.24, 2.45) is 5.92 Å². The van der Waals surface area contributed by atoms with Gasteiger partial charge in [0.05, 0.1) is 12.8 Å². The quantitative estimate of drug-likeness (QED) is 0.566. The lowest BCUT2D eigenvalue weighted by atomic mass is 10.2. The first-order valence-electron chi connectivity index (χ1n) is 5.49. The zero-order chi connectivity index (χ0) is 12.0. The van der Waals surface area contributed by atoms with E-state index in [1.807, 2.05) is 10.9 Å². The predicted octanol–water partition coefficient (Wildman–Crippen LogP) is 2.12. The maximum absolute atomic E-state index is 11.1. The Kier molecular flexibility index (Phi) is 4.76. The molecule has 0 aromatic carbocycles. The third-order valence-corrected chi connectivity index (χ3v) is 1.90. The maximum Gasteiger partial charge on any atom is 0.330 e. The number of aromatic nitrogens is 2. The minimum absolute atomic E-state index is 0.320. The van der Waals surface area contributed by atoms with Crippen LogP contribution in [-0.4, -0.2) is 22.4 Å². The summed E-state index contributed by atoms with van der Waals surface area (Å²) in [5, 5.41) is 4.19. The van der Waals surface area contributed by atoms with Crippen LogP contribution >= 0.6 is 0 Å². The zero-order valence-corrected chi connectivity index (χ0v) is 10.0. The number of ether oxygens (including phenoxy) is 1. The molecule has 1 aromatic heterocycles. The van der Waals surface area contributed by atoms with Gasteiger partial charge in [-0.3, -0.25) is 4.68 Å². The second-order valence-electron chi connectivity index (χ2n) is 3.97. The van der Waals surface area contributed by atoms with Gasteiger partial charge in [0, 0.05) is 24.4 Å². The number of esters is 1. The van der Waals surface area contributed by atoms with Gasteiger partial charge in [-0.25, -0.2) is 4.79 Å². The highest BCUT2D eigenvalue weighted by Crippen LogP contribution is 2.04. The summed E-state index contributed by atoms with van der Waals surface area (Å²) in [5.74, 6) is 0.237. The summed E-state index contributed by atoms with van der Waals surface area (Å²) in [5.41, 5.74) is 0.911. The molecule has 0 saturated heterocycles. The minimum atomic E-state index is -0.320. The first-order chi connectivity index (χ1) is 7.61. The van der Waals surface area contributed by atoms with Crippen LogP contribution in [0.5, 0.6) is 0 Å². The van der Waals surface area contributed by atoms with Crippen molar-refractivity contribution in [3.8, 4) is 0 Å². The van der Waals surface area contributed by atoms with Crippen molar-refractivity contribution < 1.29 is 9.53 Å². The van der Waals surface area contributed by atoms with Crippen LogP contribution < -0.4 is 0 Å². The largest absolute Gasteiger partial charge is 0.463 e. The summed E-state index contributed by atoms with van der Waals surface area (Å²) in [6, 6.07) is 0. The van der Waals surface area contributed by atoms with Gasteiger partial charge in [0.15, 0.2) is 0 Å². The smallest absolute Gasteiger partial charge is 0.330 e. The van der Waals surface area contributed by atoms with E-state index in [2.05, 4.69) is 18.9 Å². The average Bonchev–Trinajstić information content (AvgIpc) is 2.62. The van der Waals surface area contributed by atoms with Crippen molar-refractivity contribution in [2.75, 3.05) is 6.61 Å². The third-order valence-electron chi connectivity index (χ3n) is 1.90. The van der Waals surface area contributed by atoms with Gasteiger partial charge in [-0.15, -0.1) is 0 Å². The molecule has 4 heteroatoms. The SMILES string of the molecule is CCOC(=O)C=Cc1cnn(CC(C)C)c1.